The van der Waals surface area contributed by atoms with Crippen molar-refractivity contribution in [3.8, 4) is 0 Å². The molecule has 1 aliphatic carbocycles. The van der Waals surface area contributed by atoms with Crippen molar-refractivity contribution in [2.45, 2.75) is 27.7 Å². The second-order valence-corrected chi connectivity index (χ2v) is 6.18. The fourth-order valence-electron chi connectivity index (χ4n) is 2.79. The van der Waals surface area contributed by atoms with Gasteiger partial charge in [0.15, 0.2) is 0 Å². The average molecular weight is 248 g/mol. The molecule has 1 aromatic carbocycles. The van der Waals surface area contributed by atoms with Crippen LogP contribution in [0.5, 0.6) is 0 Å². The number of hydrogen-bond donors (Lipinski definition) is 1. The molecule has 0 unspecified atom stereocenters. The normalized spacial score (nSPS) is 20.4. The number of rotatable bonds is 4. The number of non-ortho nitro benzene ring substituents is 1. The van der Waals surface area contributed by atoms with Gasteiger partial charge >= 0.3 is 0 Å². The number of nitrogens with zero attached hydrogens (tertiary/aromatic N) is 1. The lowest BCUT2D eigenvalue weighted by Crippen LogP contribution is -2.08. The molecule has 0 aromatic heterocycles. The summed E-state index contributed by atoms with van der Waals surface area (Å²) in [6, 6.07) is 6.68. The third-order valence-corrected chi connectivity index (χ3v) is 4.89. The van der Waals surface area contributed by atoms with E-state index in [1.807, 2.05) is 6.07 Å². The summed E-state index contributed by atoms with van der Waals surface area (Å²) in [7, 11) is 0. The minimum Gasteiger partial charge on any atom is -0.385 e. The number of hydrogen-bond acceptors (Lipinski definition) is 3. The van der Waals surface area contributed by atoms with Crippen LogP contribution >= 0.6 is 0 Å². The van der Waals surface area contributed by atoms with Crippen LogP contribution in [0.3, 0.4) is 0 Å². The van der Waals surface area contributed by atoms with Crippen molar-refractivity contribution in [2.75, 3.05) is 11.9 Å². The van der Waals surface area contributed by atoms with Crippen molar-refractivity contribution < 1.29 is 4.92 Å². The minimum absolute atomic E-state index is 0.134. The zero-order chi connectivity index (χ0) is 13.6. The van der Waals surface area contributed by atoms with Crippen molar-refractivity contribution in [1.29, 1.82) is 0 Å². The van der Waals surface area contributed by atoms with Gasteiger partial charge in [-0.15, -0.1) is 0 Å². The molecule has 0 amide bonds. The largest absolute Gasteiger partial charge is 0.385 e. The van der Waals surface area contributed by atoms with Gasteiger partial charge in [0, 0.05) is 24.4 Å². The van der Waals surface area contributed by atoms with E-state index in [9.17, 15) is 10.1 Å². The second-order valence-electron chi connectivity index (χ2n) is 6.18. The zero-order valence-electron chi connectivity index (χ0n) is 11.4. The molecule has 0 spiro atoms. The van der Waals surface area contributed by atoms with Gasteiger partial charge in [-0.05, 0) is 22.8 Å². The number of anilines is 1. The molecule has 1 aromatic rings. The molecule has 0 heterocycles. The smallest absolute Gasteiger partial charge is 0.271 e. The highest BCUT2D eigenvalue weighted by atomic mass is 16.6. The van der Waals surface area contributed by atoms with Crippen LogP contribution in [-0.2, 0) is 0 Å². The van der Waals surface area contributed by atoms with E-state index in [1.54, 1.807) is 12.1 Å². The van der Waals surface area contributed by atoms with Crippen molar-refractivity contribution >= 4 is 11.4 Å². The summed E-state index contributed by atoms with van der Waals surface area (Å²) in [5.74, 6) is 0.601. The summed E-state index contributed by atoms with van der Waals surface area (Å²) in [5, 5.41) is 14.0. The van der Waals surface area contributed by atoms with Crippen molar-refractivity contribution in [1.82, 2.24) is 0 Å². The van der Waals surface area contributed by atoms with E-state index in [2.05, 4.69) is 33.0 Å². The first-order valence-corrected chi connectivity index (χ1v) is 6.25. The van der Waals surface area contributed by atoms with Gasteiger partial charge in [0.1, 0.15) is 0 Å². The van der Waals surface area contributed by atoms with Gasteiger partial charge in [-0.2, -0.15) is 0 Å². The standard InChI is InChI=1S/C14H20N2O2/c1-13(2)12(14(13,3)4)9-15-10-6-5-7-11(8-10)16(17)18/h5-8,12,15H,9H2,1-4H3. The summed E-state index contributed by atoms with van der Waals surface area (Å²) in [6.07, 6.45) is 0. The van der Waals surface area contributed by atoms with Crippen LogP contribution in [0.15, 0.2) is 24.3 Å². The van der Waals surface area contributed by atoms with Gasteiger partial charge in [0.2, 0.25) is 0 Å². The van der Waals surface area contributed by atoms with Crippen LogP contribution in [-0.4, -0.2) is 11.5 Å². The maximum atomic E-state index is 10.7. The Kier molecular flexibility index (Phi) is 2.84. The quantitative estimate of drug-likeness (QED) is 0.653. The number of nitrogens with one attached hydrogen (secondary N) is 1. The molecule has 1 aliphatic rings. The minimum atomic E-state index is -0.365. The van der Waals surface area contributed by atoms with E-state index < -0.39 is 0 Å². The van der Waals surface area contributed by atoms with Gasteiger partial charge in [0.05, 0.1) is 4.92 Å². The molecular weight excluding hydrogens is 228 g/mol. The summed E-state index contributed by atoms with van der Waals surface area (Å²) in [5.41, 5.74) is 1.62. The van der Waals surface area contributed by atoms with E-state index in [-0.39, 0.29) is 10.6 Å². The molecule has 1 saturated carbocycles. The first-order chi connectivity index (χ1) is 8.26. The lowest BCUT2D eigenvalue weighted by Gasteiger charge is -2.07. The molecule has 0 saturated heterocycles. The molecular formula is C14H20N2O2. The van der Waals surface area contributed by atoms with Crippen molar-refractivity contribution in [2.24, 2.45) is 16.7 Å². The highest BCUT2D eigenvalue weighted by Crippen LogP contribution is 2.68. The van der Waals surface area contributed by atoms with E-state index in [4.69, 9.17) is 0 Å². The Morgan fingerprint density at radius 2 is 1.89 bits per heavy atom. The number of benzene rings is 1. The Hall–Kier alpha value is -1.58. The summed E-state index contributed by atoms with van der Waals surface area (Å²) >= 11 is 0. The first-order valence-electron chi connectivity index (χ1n) is 6.25. The summed E-state index contributed by atoms with van der Waals surface area (Å²) in [4.78, 5) is 10.3. The van der Waals surface area contributed by atoms with Crippen LogP contribution in [0.2, 0.25) is 0 Å². The molecule has 0 atom stereocenters. The fourth-order valence-corrected chi connectivity index (χ4v) is 2.79. The van der Waals surface area contributed by atoms with Crippen LogP contribution < -0.4 is 5.32 Å². The topological polar surface area (TPSA) is 55.2 Å². The lowest BCUT2D eigenvalue weighted by molar-refractivity contribution is -0.384. The monoisotopic (exact) mass is 248 g/mol. The molecule has 1 fully saturated rings. The van der Waals surface area contributed by atoms with E-state index in [1.165, 1.54) is 6.07 Å². The van der Waals surface area contributed by atoms with Gasteiger partial charge in [-0.1, -0.05) is 33.8 Å². The van der Waals surface area contributed by atoms with Crippen LogP contribution in [0.4, 0.5) is 11.4 Å². The Bertz CT molecular complexity index is 466. The Balaban J connectivity index is 2.00. The molecule has 2 rings (SSSR count). The van der Waals surface area contributed by atoms with Gasteiger partial charge in [0.25, 0.3) is 5.69 Å². The first kappa shape index (κ1) is 12.9. The summed E-state index contributed by atoms with van der Waals surface area (Å²) < 4.78 is 0. The third-order valence-electron chi connectivity index (χ3n) is 4.89. The lowest BCUT2D eigenvalue weighted by atomic mass is 10.0. The number of nitro groups is 1. The predicted octanol–water partition coefficient (Wildman–Crippen LogP) is 3.69. The molecule has 98 valence electrons. The van der Waals surface area contributed by atoms with E-state index in [0.717, 1.165) is 12.2 Å². The Morgan fingerprint density at radius 1 is 1.28 bits per heavy atom. The predicted molar refractivity (Wildman–Crippen MR) is 72.6 cm³/mol. The molecule has 0 bridgehead atoms. The maximum Gasteiger partial charge on any atom is 0.271 e. The van der Waals surface area contributed by atoms with Gasteiger partial charge < -0.3 is 5.32 Å². The van der Waals surface area contributed by atoms with Crippen LogP contribution in [0, 0.1) is 26.9 Å². The Labute approximate surface area is 108 Å². The van der Waals surface area contributed by atoms with E-state index >= 15 is 0 Å². The highest BCUT2D eigenvalue weighted by molar-refractivity contribution is 5.51. The number of nitro benzene ring substituents is 1. The fraction of sp³-hybridized carbons (Fsp3) is 0.571. The molecule has 18 heavy (non-hydrogen) atoms. The summed E-state index contributed by atoms with van der Waals surface area (Å²) in [6.45, 7) is 9.94. The Morgan fingerprint density at radius 3 is 2.39 bits per heavy atom. The molecule has 4 nitrogen and oxygen atoms in total. The molecule has 0 aliphatic heterocycles. The SMILES string of the molecule is CC1(C)C(CNc2cccc([N+](=O)[O-])c2)C1(C)C. The zero-order valence-corrected chi connectivity index (χ0v) is 11.4. The van der Waals surface area contributed by atoms with Crippen LogP contribution in [0.1, 0.15) is 27.7 Å². The molecule has 0 radical (unpaired) electrons. The van der Waals surface area contributed by atoms with Gasteiger partial charge in [-0.25, -0.2) is 0 Å². The third kappa shape index (κ3) is 1.96. The molecule has 4 heteroatoms. The second kappa shape index (κ2) is 3.97. The van der Waals surface area contributed by atoms with Crippen molar-refractivity contribution in [3.05, 3.63) is 34.4 Å². The average Bonchev–Trinajstić information content (AvgIpc) is 2.67. The van der Waals surface area contributed by atoms with E-state index in [0.29, 0.717) is 16.7 Å². The van der Waals surface area contributed by atoms with Gasteiger partial charge in [-0.3, -0.25) is 10.1 Å². The molecule has 1 N–H and O–H groups in total. The maximum absolute atomic E-state index is 10.7. The van der Waals surface area contributed by atoms with Crippen molar-refractivity contribution in [3.63, 3.8) is 0 Å². The van der Waals surface area contributed by atoms with Crippen LogP contribution in [0.25, 0.3) is 0 Å². The highest BCUT2D eigenvalue weighted by Gasteiger charge is 2.63.